The van der Waals surface area contributed by atoms with Gasteiger partial charge in [-0.05, 0) is 48.9 Å². The van der Waals surface area contributed by atoms with Crippen LogP contribution in [0.3, 0.4) is 0 Å². The molecule has 2 heterocycles. The Morgan fingerprint density at radius 1 is 0.960 bits per heavy atom. The van der Waals surface area contributed by atoms with Crippen molar-refractivity contribution in [3.63, 3.8) is 0 Å². The molecule has 6 nitrogen and oxygen atoms in total. The number of hydrogen-bond donors (Lipinski definition) is 2. The van der Waals surface area contributed by atoms with Gasteiger partial charge in [0.15, 0.2) is 11.5 Å². The van der Waals surface area contributed by atoms with E-state index in [1.54, 1.807) is 6.20 Å². The van der Waals surface area contributed by atoms with Crippen molar-refractivity contribution in [1.29, 1.82) is 0 Å². The fraction of sp³-hybridized carbons (Fsp3) is 0.111. The summed E-state index contributed by atoms with van der Waals surface area (Å²) < 4.78 is 11.8. The Balaban J connectivity index is 1.52. The van der Waals surface area contributed by atoms with Gasteiger partial charge < -0.3 is 20.1 Å². The average molecular weight is 399 g/mol. The molecule has 0 fully saturated rings. The summed E-state index contributed by atoms with van der Waals surface area (Å²) in [7, 11) is 0. The summed E-state index contributed by atoms with van der Waals surface area (Å²) in [6.45, 7) is 2.29. The molecule has 0 unspecified atom stereocenters. The second-order valence-corrected chi connectivity index (χ2v) is 6.40. The monoisotopic (exact) mass is 398 g/mol. The molecule has 0 bridgehead atoms. The lowest BCUT2D eigenvalue weighted by atomic mass is 10.2. The standard InChI is InChI=1S/C18H15BrN4O2/c1-11-8-12(2-4-14(11)19)22-18-20-7-6-17(23-18)21-13-3-5-15-16(9-13)25-10-24-15/h2-9H,10H2,1H3,(H2,20,21,22,23). The molecule has 3 aromatic rings. The molecule has 0 saturated heterocycles. The molecule has 0 amide bonds. The Bertz CT molecular complexity index is 933. The maximum Gasteiger partial charge on any atom is 0.231 e. The number of aryl methyl sites for hydroxylation is 1. The Labute approximate surface area is 153 Å². The van der Waals surface area contributed by atoms with Crippen molar-refractivity contribution in [2.75, 3.05) is 17.4 Å². The third-order valence-corrected chi connectivity index (χ3v) is 4.60. The van der Waals surface area contributed by atoms with Crippen LogP contribution >= 0.6 is 15.9 Å². The van der Waals surface area contributed by atoms with E-state index < -0.39 is 0 Å². The molecule has 0 atom stereocenters. The third-order valence-electron chi connectivity index (χ3n) is 3.71. The van der Waals surface area contributed by atoms with Crippen LogP contribution in [-0.4, -0.2) is 16.8 Å². The SMILES string of the molecule is Cc1cc(Nc2nccc(Nc3ccc4c(c3)OCO4)n2)ccc1Br. The third kappa shape index (κ3) is 3.51. The molecule has 1 aromatic heterocycles. The van der Waals surface area contributed by atoms with Crippen molar-refractivity contribution in [2.24, 2.45) is 0 Å². The lowest BCUT2D eigenvalue weighted by Crippen LogP contribution is -2.00. The number of hydrogen-bond acceptors (Lipinski definition) is 6. The second-order valence-electron chi connectivity index (χ2n) is 5.55. The van der Waals surface area contributed by atoms with Crippen LogP contribution < -0.4 is 20.1 Å². The van der Waals surface area contributed by atoms with Gasteiger partial charge in [0.1, 0.15) is 5.82 Å². The van der Waals surface area contributed by atoms with E-state index in [0.717, 1.165) is 32.9 Å². The van der Waals surface area contributed by atoms with Gasteiger partial charge in [0.2, 0.25) is 12.7 Å². The predicted molar refractivity (Wildman–Crippen MR) is 100 cm³/mol. The highest BCUT2D eigenvalue weighted by Gasteiger charge is 2.13. The molecular weight excluding hydrogens is 384 g/mol. The predicted octanol–water partition coefficient (Wildman–Crippen LogP) is 4.76. The zero-order valence-corrected chi connectivity index (χ0v) is 15.0. The van der Waals surface area contributed by atoms with Gasteiger partial charge in [0.25, 0.3) is 0 Å². The number of benzene rings is 2. The van der Waals surface area contributed by atoms with Crippen LogP contribution in [0.1, 0.15) is 5.56 Å². The molecule has 0 aliphatic carbocycles. The number of rotatable bonds is 4. The summed E-state index contributed by atoms with van der Waals surface area (Å²) in [6.07, 6.45) is 1.70. The Kier molecular flexibility index (Phi) is 4.15. The molecular formula is C18H15BrN4O2. The molecule has 0 saturated carbocycles. The van der Waals surface area contributed by atoms with E-state index in [1.807, 2.05) is 49.4 Å². The summed E-state index contributed by atoms with van der Waals surface area (Å²) in [5, 5.41) is 6.46. The van der Waals surface area contributed by atoms with Crippen molar-refractivity contribution < 1.29 is 9.47 Å². The van der Waals surface area contributed by atoms with Crippen molar-refractivity contribution in [2.45, 2.75) is 6.92 Å². The van der Waals surface area contributed by atoms with Crippen LogP contribution in [0.25, 0.3) is 0 Å². The molecule has 1 aliphatic heterocycles. The summed E-state index contributed by atoms with van der Waals surface area (Å²) in [6, 6.07) is 13.5. The number of anilines is 4. The number of fused-ring (bicyclic) bond motifs is 1. The Hall–Kier alpha value is -2.80. The number of aromatic nitrogens is 2. The molecule has 0 spiro atoms. The number of halogens is 1. The maximum atomic E-state index is 5.39. The van der Waals surface area contributed by atoms with Crippen LogP contribution in [0.15, 0.2) is 53.1 Å². The van der Waals surface area contributed by atoms with Gasteiger partial charge in [-0.3, -0.25) is 0 Å². The van der Waals surface area contributed by atoms with Crippen LogP contribution in [-0.2, 0) is 0 Å². The first-order valence-electron chi connectivity index (χ1n) is 7.70. The highest BCUT2D eigenvalue weighted by molar-refractivity contribution is 9.10. The normalized spacial score (nSPS) is 12.1. The van der Waals surface area contributed by atoms with E-state index in [1.165, 1.54) is 0 Å². The Morgan fingerprint density at radius 2 is 1.76 bits per heavy atom. The number of ether oxygens (including phenoxy) is 2. The minimum atomic E-state index is 0.257. The smallest absolute Gasteiger partial charge is 0.231 e. The maximum absolute atomic E-state index is 5.39. The first-order valence-corrected chi connectivity index (χ1v) is 8.49. The molecule has 4 rings (SSSR count). The van der Waals surface area contributed by atoms with Crippen molar-refractivity contribution >= 4 is 39.1 Å². The van der Waals surface area contributed by atoms with E-state index >= 15 is 0 Å². The zero-order valence-electron chi connectivity index (χ0n) is 13.4. The minimum absolute atomic E-state index is 0.257. The van der Waals surface area contributed by atoms with Gasteiger partial charge in [-0.1, -0.05) is 15.9 Å². The summed E-state index contributed by atoms with van der Waals surface area (Å²) in [4.78, 5) is 8.76. The van der Waals surface area contributed by atoms with E-state index in [9.17, 15) is 0 Å². The van der Waals surface area contributed by atoms with Crippen LogP contribution in [0.2, 0.25) is 0 Å². The van der Waals surface area contributed by atoms with Crippen molar-refractivity contribution in [1.82, 2.24) is 9.97 Å². The van der Waals surface area contributed by atoms with Gasteiger partial charge in [0.05, 0.1) is 0 Å². The van der Waals surface area contributed by atoms with Crippen molar-refractivity contribution in [3.8, 4) is 11.5 Å². The molecule has 126 valence electrons. The van der Waals surface area contributed by atoms with Crippen molar-refractivity contribution in [3.05, 3.63) is 58.7 Å². The van der Waals surface area contributed by atoms with Gasteiger partial charge in [-0.25, -0.2) is 4.98 Å². The molecule has 1 aliphatic rings. The summed E-state index contributed by atoms with van der Waals surface area (Å²) >= 11 is 3.50. The summed E-state index contributed by atoms with van der Waals surface area (Å²) in [5.74, 6) is 2.68. The van der Waals surface area contributed by atoms with Gasteiger partial charge in [0, 0.05) is 28.1 Å². The highest BCUT2D eigenvalue weighted by atomic mass is 79.9. The summed E-state index contributed by atoms with van der Waals surface area (Å²) in [5.41, 5.74) is 2.94. The van der Waals surface area contributed by atoms with E-state index in [2.05, 4.69) is 36.5 Å². The number of nitrogens with zero attached hydrogens (tertiary/aromatic N) is 2. The average Bonchev–Trinajstić information content (AvgIpc) is 3.06. The fourth-order valence-corrected chi connectivity index (χ4v) is 2.71. The quantitative estimate of drug-likeness (QED) is 0.659. The largest absolute Gasteiger partial charge is 0.454 e. The van der Waals surface area contributed by atoms with Crippen LogP contribution in [0.4, 0.5) is 23.1 Å². The molecule has 2 aromatic carbocycles. The fourth-order valence-electron chi connectivity index (χ4n) is 2.46. The second kappa shape index (κ2) is 6.60. The molecule has 25 heavy (non-hydrogen) atoms. The van der Waals surface area contributed by atoms with Crippen LogP contribution in [0.5, 0.6) is 11.5 Å². The molecule has 2 N–H and O–H groups in total. The van der Waals surface area contributed by atoms with Gasteiger partial charge in [-0.15, -0.1) is 0 Å². The minimum Gasteiger partial charge on any atom is -0.454 e. The number of nitrogens with one attached hydrogen (secondary N) is 2. The molecule has 0 radical (unpaired) electrons. The first kappa shape index (κ1) is 15.7. The molecule has 7 heteroatoms. The highest BCUT2D eigenvalue weighted by Crippen LogP contribution is 2.35. The first-order chi connectivity index (χ1) is 12.2. The van der Waals surface area contributed by atoms with E-state index in [0.29, 0.717) is 11.8 Å². The lowest BCUT2D eigenvalue weighted by Gasteiger charge is -2.10. The zero-order chi connectivity index (χ0) is 17.2. The van der Waals surface area contributed by atoms with Gasteiger partial charge >= 0.3 is 0 Å². The topological polar surface area (TPSA) is 68.3 Å². The van der Waals surface area contributed by atoms with E-state index in [-0.39, 0.29) is 6.79 Å². The van der Waals surface area contributed by atoms with Gasteiger partial charge in [-0.2, -0.15) is 4.98 Å². The lowest BCUT2D eigenvalue weighted by molar-refractivity contribution is 0.174. The van der Waals surface area contributed by atoms with Crippen LogP contribution in [0, 0.1) is 6.92 Å². The Morgan fingerprint density at radius 3 is 2.64 bits per heavy atom. The van der Waals surface area contributed by atoms with E-state index in [4.69, 9.17) is 9.47 Å².